The van der Waals surface area contributed by atoms with Gasteiger partial charge in [-0.05, 0) is 42.5 Å². The molecule has 0 radical (unpaired) electrons. The van der Waals surface area contributed by atoms with Crippen LogP contribution in [0.5, 0.6) is 0 Å². The van der Waals surface area contributed by atoms with Gasteiger partial charge in [0.05, 0.1) is 22.6 Å². The second-order valence-corrected chi connectivity index (χ2v) is 14.2. The van der Waals surface area contributed by atoms with Crippen molar-refractivity contribution >= 4 is 75.1 Å². The fraction of sp³-hybridized carbons (Fsp3) is 0. The molecule has 4 aromatic heterocycles. The summed E-state index contributed by atoms with van der Waals surface area (Å²) in [5.74, 6) is 0.657. The second-order valence-electron chi connectivity index (χ2n) is 13.1. The van der Waals surface area contributed by atoms with E-state index in [4.69, 9.17) is 19.4 Å². The molecule has 11 rings (SSSR count). The van der Waals surface area contributed by atoms with E-state index in [-0.39, 0.29) is 0 Å². The molecule has 0 bridgehead atoms. The van der Waals surface area contributed by atoms with Crippen LogP contribution < -0.4 is 0 Å². The maximum absolute atomic E-state index is 6.37. The Morgan fingerprint density at radius 3 is 1.98 bits per heavy atom. The highest BCUT2D eigenvalue weighted by Gasteiger charge is 2.20. The molecule has 0 aliphatic carbocycles. The molecule has 0 spiro atoms. The third-order valence-electron chi connectivity index (χ3n) is 10.1. The van der Waals surface area contributed by atoms with Crippen LogP contribution in [0.15, 0.2) is 168 Å². The summed E-state index contributed by atoms with van der Waals surface area (Å²) in [6, 6.07) is 57.0. The molecule has 5 heteroatoms. The van der Waals surface area contributed by atoms with Crippen molar-refractivity contribution in [1.29, 1.82) is 0 Å². The quantitative estimate of drug-likeness (QED) is 0.174. The molecule has 0 unspecified atom stereocenters. The molecule has 0 saturated heterocycles. The lowest BCUT2D eigenvalue weighted by Gasteiger charge is -2.13. The molecular formula is C47H27N3OS. The van der Waals surface area contributed by atoms with Crippen LogP contribution in [0.25, 0.3) is 109 Å². The Kier molecular flexibility index (Phi) is 6.39. The van der Waals surface area contributed by atoms with E-state index in [0.29, 0.717) is 5.82 Å². The average Bonchev–Trinajstić information content (AvgIpc) is 3.79. The van der Waals surface area contributed by atoms with Crippen LogP contribution in [0.1, 0.15) is 0 Å². The number of thiophene rings is 1. The number of nitrogens with zero attached hydrogens (tertiary/aromatic N) is 3. The zero-order chi connectivity index (χ0) is 34.2. The van der Waals surface area contributed by atoms with E-state index in [2.05, 4.69) is 140 Å². The van der Waals surface area contributed by atoms with Crippen LogP contribution in [0.3, 0.4) is 0 Å². The Bertz CT molecular complexity index is 3180. The molecule has 0 aliphatic rings. The summed E-state index contributed by atoms with van der Waals surface area (Å²) in [7, 11) is 0. The molecule has 0 amide bonds. The largest absolute Gasteiger partial charge is 0.456 e. The summed E-state index contributed by atoms with van der Waals surface area (Å²) < 4.78 is 8.88. The van der Waals surface area contributed by atoms with Crippen molar-refractivity contribution in [3.63, 3.8) is 0 Å². The normalized spacial score (nSPS) is 11.8. The van der Waals surface area contributed by atoms with Gasteiger partial charge in [0.1, 0.15) is 11.2 Å². The van der Waals surface area contributed by atoms with Crippen molar-refractivity contribution < 1.29 is 4.42 Å². The lowest BCUT2D eigenvalue weighted by molar-refractivity contribution is 0.669. The van der Waals surface area contributed by atoms with Gasteiger partial charge in [0.15, 0.2) is 5.82 Å². The van der Waals surface area contributed by atoms with Crippen molar-refractivity contribution in [3.8, 4) is 45.2 Å². The minimum Gasteiger partial charge on any atom is -0.456 e. The van der Waals surface area contributed by atoms with Crippen LogP contribution in [-0.2, 0) is 0 Å². The Balaban J connectivity index is 1.20. The first-order valence-corrected chi connectivity index (χ1v) is 18.2. The topological polar surface area (TPSA) is 51.8 Å². The van der Waals surface area contributed by atoms with Crippen LogP contribution in [0.2, 0.25) is 0 Å². The molecule has 7 aromatic carbocycles. The number of aromatic nitrogens is 3. The van der Waals surface area contributed by atoms with E-state index in [9.17, 15) is 0 Å². The first-order valence-electron chi connectivity index (χ1n) is 17.4. The molecule has 0 N–H and O–H groups in total. The van der Waals surface area contributed by atoms with E-state index in [1.807, 2.05) is 35.6 Å². The van der Waals surface area contributed by atoms with Gasteiger partial charge >= 0.3 is 0 Å². The number of rotatable bonds is 4. The van der Waals surface area contributed by atoms with Crippen LogP contribution in [0.4, 0.5) is 0 Å². The van der Waals surface area contributed by atoms with Crippen molar-refractivity contribution in [2.75, 3.05) is 0 Å². The summed E-state index contributed by atoms with van der Waals surface area (Å²) in [5.41, 5.74) is 9.42. The first-order chi connectivity index (χ1) is 25.8. The van der Waals surface area contributed by atoms with Gasteiger partial charge < -0.3 is 4.42 Å². The summed E-state index contributed by atoms with van der Waals surface area (Å²) in [4.78, 5) is 15.9. The lowest BCUT2D eigenvalue weighted by atomic mass is 9.95. The predicted octanol–water partition coefficient (Wildman–Crippen LogP) is 13.1. The van der Waals surface area contributed by atoms with Crippen LogP contribution >= 0.6 is 11.3 Å². The fourth-order valence-corrected chi connectivity index (χ4v) is 8.86. The highest BCUT2D eigenvalue weighted by molar-refractivity contribution is 7.25. The number of pyridine rings is 1. The lowest BCUT2D eigenvalue weighted by Crippen LogP contribution is -1.97. The zero-order valence-electron chi connectivity index (χ0n) is 27.7. The molecule has 0 atom stereocenters. The molecule has 11 aromatic rings. The zero-order valence-corrected chi connectivity index (χ0v) is 28.6. The summed E-state index contributed by atoms with van der Waals surface area (Å²) in [6.07, 6.45) is 0. The standard InChI is InChI=1S/C47H27N3OS/c1-3-12-28(13-4-1)36-27-38(31-18-11-21-42-43(31)34-17-8-10-20-41(34)52-42)50-47(49-36)30-22-23-32-37(26-30)48-46(29-14-5-2-6-15-29)35-24-25-40-45(44(32)35)33-16-7-9-19-39(33)51-40/h1-27H. The third-order valence-corrected chi connectivity index (χ3v) is 11.2. The molecule has 242 valence electrons. The van der Waals surface area contributed by atoms with Gasteiger partial charge in [0.2, 0.25) is 0 Å². The summed E-state index contributed by atoms with van der Waals surface area (Å²) in [5, 5.41) is 7.95. The predicted molar refractivity (Wildman–Crippen MR) is 217 cm³/mol. The minimum atomic E-state index is 0.657. The molecule has 4 heterocycles. The summed E-state index contributed by atoms with van der Waals surface area (Å²) in [6.45, 7) is 0. The van der Waals surface area contributed by atoms with E-state index in [1.165, 1.54) is 20.2 Å². The molecule has 0 saturated carbocycles. The summed E-state index contributed by atoms with van der Waals surface area (Å²) >= 11 is 1.82. The molecular weight excluding hydrogens is 655 g/mol. The van der Waals surface area contributed by atoms with Gasteiger partial charge in [-0.2, -0.15) is 0 Å². The van der Waals surface area contributed by atoms with Gasteiger partial charge in [-0.25, -0.2) is 15.0 Å². The fourth-order valence-electron chi connectivity index (χ4n) is 7.72. The Labute approximate surface area is 302 Å². The van der Waals surface area contributed by atoms with Gasteiger partial charge in [0.25, 0.3) is 0 Å². The number of fused-ring (bicyclic) bond motifs is 10. The Morgan fingerprint density at radius 1 is 0.404 bits per heavy atom. The SMILES string of the molecule is c1ccc(-c2cc(-c3cccc4sc5ccccc5c34)nc(-c3ccc4c(c3)nc(-c3ccccc3)c3ccc5oc6ccccc6c5c34)n2)cc1. The number of hydrogen-bond acceptors (Lipinski definition) is 5. The highest BCUT2D eigenvalue weighted by atomic mass is 32.1. The molecule has 4 nitrogen and oxygen atoms in total. The van der Waals surface area contributed by atoms with Crippen molar-refractivity contribution in [1.82, 2.24) is 15.0 Å². The monoisotopic (exact) mass is 681 g/mol. The van der Waals surface area contributed by atoms with Crippen molar-refractivity contribution in [2.45, 2.75) is 0 Å². The van der Waals surface area contributed by atoms with Gasteiger partial charge in [-0.15, -0.1) is 11.3 Å². The molecule has 52 heavy (non-hydrogen) atoms. The van der Waals surface area contributed by atoms with Gasteiger partial charge in [-0.1, -0.05) is 121 Å². The van der Waals surface area contributed by atoms with Crippen LogP contribution in [-0.4, -0.2) is 15.0 Å². The minimum absolute atomic E-state index is 0.657. The van der Waals surface area contributed by atoms with Gasteiger partial charge in [0, 0.05) is 69.4 Å². The van der Waals surface area contributed by atoms with E-state index < -0.39 is 0 Å². The second kappa shape index (κ2) is 11.4. The number of para-hydroxylation sites is 1. The smallest absolute Gasteiger partial charge is 0.160 e. The van der Waals surface area contributed by atoms with Gasteiger partial charge in [-0.3, -0.25) is 0 Å². The number of furan rings is 1. The highest BCUT2D eigenvalue weighted by Crippen LogP contribution is 2.43. The molecule has 0 aliphatic heterocycles. The third kappa shape index (κ3) is 4.50. The maximum atomic E-state index is 6.37. The molecule has 0 fully saturated rings. The Hall–Kier alpha value is -6.69. The van der Waals surface area contributed by atoms with Crippen molar-refractivity contribution in [3.05, 3.63) is 164 Å². The van der Waals surface area contributed by atoms with Crippen molar-refractivity contribution in [2.24, 2.45) is 0 Å². The average molecular weight is 682 g/mol. The number of hydrogen-bond donors (Lipinski definition) is 0. The first kappa shape index (κ1) is 29.1. The van der Waals surface area contributed by atoms with E-state index in [1.54, 1.807) is 0 Å². The van der Waals surface area contributed by atoms with E-state index >= 15 is 0 Å². The maximum Gasteiger partial charge on any atom is 0.160 e. The van der Waals surface area contributed by atoms with E-state index in [0.717, 1.165) is 82.9 Å². The number of benzene rings is 7. The van der Waals surface area contributed by atoms with Crippen LogP contribution in [0, 0.1) is 0 Å². The Morgan fingerprint density at radius 2 is 1.12 bits per heavy atom.